The van der Waals surface area contributed by atoms with Crippen LogP contribution in [0.25, 0.3) is 0 Å². The van der Waals surface area contributed by atoms with Crippen molar-refractivity contribution in [3.05, 3.63) is 63.0 Å². The normalized spacial score (nSPS) is 10.0. The SMILES string of the molecule is O=C(Nc1ccccc1)c1ccc(Br)cc1Br. The highest BCUT2D eigenvalue weighted by molar-refractivity contribution is 9.11. The van der Waals surface area contributed by atoms with Gasteiger partial charge in [-0.2, -0.15) is 0 Å². The Balaban J connectivity index is 2.21. The van der Waals surface area contributed by atoms with Crippen LogP contribution >= 0.6 is 31.9 Å². The first-order valence-corrected chi connectivity index (χ1v) is 6.57. The van der Waals surface area contributed by atoms with Crippen molar-refractivity contribution < 1.29 is 4.79 Å². The fourth-order valence-electron chi connectivity index (χ4n) is 1.39. The fourth-order valence-corrected chi connectivity index (χ4v) is 2.62. The number of rotatable bonds is 2. The fraction of sp³-hybridized carbons (Fsp3) is 0. The highest BCUT2D eigenvalue weighted by atomic mass is 79.9. The van der Waals surface area contributed by atoms with E-state index in [1.54, 1.807) is 6.07 Å². The first-order chi connectivity index (χ1) is 8.16. The number of nitrogens with one attached hydrogen (secondary N) is 1. The topological polar surface area (TPSA) is 29.1 Å². The molecule has 2 rings (SSSR count). The van der Waals surface area contributed by atoms with E-state index >= 15 is 0 Å². The molecule has 1 amide bonds. The van der Waals surface area contributed by atoms with Crippen molar-refractivity contribution in [2.24, 2.45) is 0 Å². The zero-order valence-electron chi connectivity index (χ0n) is 8.78. The van der Waals surface area contributed by atoms with Gasteiger partial charge in [0.05, 0.1) is 5.56 Å². The van der Waals surface area contributed by atoms with Gasteiger partial charge < -0.3 is 5.32 Å². The third-order valence-corrected chi connectivity index (χ3v) is 3.36. The lowest BCUT2D eigenvalue weighted by Crippen LogP contribution is -2.12. The van der Waals surface area contributed by atoms with Gasteiger partial charge in [0.2, 0.25) is 0 Å². The summed E-state index contributed by atoms with van der Waals surface area (Å²) in [7, 11) is 0. The van der Waals surface area contributed by atoms with E-state index in [0.717, 1.165) is 14.6 Å². The summed E-state index contributed by atoms with van der Waals surface area (Å²) in [5.41, 5.74) is 1.39. The Bertz CT molecular complexity index is 540. The van der Waals surface area contributed by atoms with Crippen LogP contribution in [0.1, 0.15) is 10.4 Å². The molecule has 2 nitrogen and oxygen atoms in total. The average Bonchev–Trinajstić information content (AvgIpc) is 2.30. The van der Waals surface area contributed by atoms with Crippen LogP contribution in [-0.4, -0.2) is 5.91 Å². The van der Waals surface area contributed by atoms with E-state index in [1.807, 2.05) is 42.5 Å². The van der Waals surface area contributed by atoms with Gasteiger partial charge in [-0.15, -0.1) is 0 Å². The van der Waals surface area contributed by atoms with E-state index in [1.165, 1.54) is 0 Å². The molecule has 0 aliphatic carbocycles. The smallest absolute Gasteiger partial charge is 0.256 e. The predicted molar refractivity (Wildman–Crippen MR) is 76.2 cm³/mol. The number of benzene rings is 2. The number of para-hydroxylation sites is 1. The van der Waals surface area contributed by atoms with Crippen molar-refractivity contribution in [2.45, 2.75) is 0 Å². The van der Waals surface area contributed by atoms with Gasteiger partial charge in [-0.05, 0) is 46.3 Å². The lowest BCUT2D eigenvalue weighted by atomic mass is 10.2. The minimum atomic E-state index is -0.129. The Morgan fingerprint density at radius 2 is 1.71 bits per heavy atom. The summed E-state index contributed by atoms with van der Waals surface area (Å²) in [6.45, 7) is 0. The van der Waals surface area contributed by atoms with Crippen LogP contribution in [0.5, 0.6) is 0 Å². The third kappa shape index (κ3) is 3.17. The van der Waals surface area contributed by atoms with E-state index < -0.39 is 0 Å². The Morgan fingerprint density at radius 1 is 1.00 bits per heavy atom. The summed E-state index contributed by atoms with van der Waals surface area (Å²) in [5, 5.41) is 2.83. The third-order valence-electron chi connectivity index (χ3n) is 2.21. The van der Waals surface area contributed by atoms with Crippen LogP contribution in [-0.2, 0) is 0 Å². The standard InChI is InChI=1S/C13H9Br2NO/c14-9-6-7-11(12(15)8-9)13(17)16-10-4-2-1-3-5-10/h1-8H,(H,16,17). The van der Waals surface area contributed by atoms with Gasteiger partial charge in [0.1, 0.15) is 0 Å². The van der Waals surface area contributed by atoms with Crippen LogP contribution in [0.2, 0.25) is 0 Å². The summed E-state index contributed by atoms with van der Waals surface area (Å²) >= 11 is 6.72. The second-order valence-electron chi connectivity index (χ2n) is 3.44. The largest absolute Gasteiger partial charge is 0.322 e. The second kappa shape index (κ2) is 5.47. The molecule has 17 heavy (non-hydrogen) atoms. The first kappa shape index (κ1) is 12.3. The molecule has 0 aromatic heterocycles. The minimum Gasteiger partial charge on any atom is -0.322 e. The number of hydrogen-bond acceptors (Lipinski definition) is 1. The zero-order chi connectivity index (χ0) is 12.3. The van der Waals surface area contributed by atoms with Crippen molar-refractivity contribution >= 4 is 43.5 Å². The summed E-state index contributed by atoms with van der Waals surface area (Å²) in [6.07, 6.45) is 0. The molecule has 0 radical (unpaired) electrons. The maximum Gasteiger partial charge on any atom is 0.256 e. The summed E-state index contributed by atoms with van der Waals surface area (Å²) < 4.78 is 1.70. The van der Waals surface area contributed by atoms with Crippen LogP contribution in [0.15, 0.2) is 57.5 Å². The van der Waals surface area contributed by atoms with Gasteiger partial charge in [0.25, 0.3) is 5.91 Å². The zero-order valence-corrected chi connectivity index (χ0v) is 12.0. The van der Waals surface area contributed by atoms with Gasteiger partial charge in [-0.3, -0.25) is 4.79 Å². The molecule has 0 bridgehead atoms. The molecule has 0 heterocycles. The molecule has 0 atom stereocenters. The predicted octanol–water partition coefficient (Wildman–Crippen LogP) is 4.46. The van der Waals surface area contributed by atoms with E-state index in [0.29, 0.717) is 5.56 Å². The van der Waals surface area contributed by atoms with E-state index in [4.69, 9.17) is 0 Å². The van der Waals surface area contributed by atoms with Crippen molar-refractivity contribution in [2.75, 3.05) is 5.32 Å². The molecule has 0 unspecified atom stereocenters. The maximum atomic E-state index is 12.0. The van der Waals surface area contributed by atoms with Crippen LogP contribution in [0, 0.1) is 0 Å². The molecule has 0 saturated heterocycles. The van der Waals surface area contributed by atoms with Crippen molar-refractivity contribution in [1.29, 1.82) is 0 Å². The monoisotopic (exact) mass is 353 g/mol. The molecule has 2 aromatic carbocycles. The summed E-state index contributed by atoms with van der Waals surface area (Å²) in [4.78, 5) is 12.0. The molecule has 1 N–H and O–H groups in total. The van der Waals surface area contributed by atoms with Gasteiger partial charge in [-0.1, -0.05) is 34.1 Å². The van der Waals surface area contributed by atoms with Crippen LogP contribution < -0.4 is 5.32 Å². The quantitative estimate of drug-likeness (QED) is 0.847. The van der Waals surface area contributed by atoms with Crippen molar-refractivity contribution in [3.8, 4) is 0 Å². The molecule has 4 heteroatoms. The molecule has 0 spiro atoms. The number of halogens is 2. The molecule has 0 aliphatic heterocycles. The van der Waals surface area contributed by atoms with Gasteiger partial charge in [0.15, 0.2) is 0 Å². The number of carbonyl (C=O) groups excluding carboxylic acids is 1. The minimum absolute atomic E-state index is 0.129. The number of hydrogen-bond donors (Lipinski definition) is 1. The Kier molecular flexibility index (Phi) is 3.97. The number of amides is 1. The summed E-state index contributed by atoms with van der Waals surface area (Å²) in [6, 6.07) is 14.8. The molecular formula is C13H9Br2NO. The first-order valence-electron chi connectivity index (χ1n) is 4.98. The lowest BCUT2D eigenvalue weighted by molar-refractivity contribution is 0.102. The molecule has 0 fully saturated rings. The maximum absolute atomic E-state index is 12.0. The Morgan fingerprint density at radius 3 is 2.35 bits per heavy atom. The van der Waals surface area contributed by atoms with Gasteiger partial charge in [0, 0.05) is 14.6 Å². The highest BCUT2D eigenvalue weighted by Gasteiger charge is 2.10. The summed E-state index contributed by atoms with van der Waals surface area (Å²) in [5.74, 6) is -0.129. The van der Waals surface area contributed by atoms with Crippen LogP contribution in [0.3, 0.4) is 0 Å². The second-order valence-corrected chi connectivity index (χ2v) is 5.21. The van der Waals surface area contributed by atoms with E-state index in [2.05, 4.69) is 37.2 Å². The van der Waals surface area contributed by atoms with E-state index in [9.17, 15) is 4.79 Å². The molecule has 86 valence electrons. The molecular weight excluding hydrogens is 346 g/mol. The average molecular weight is 355 g/mol. The number of carbonyl (C=O) groups is 1. The van der Waals surface area contributed by atoms with Crippen molar-refractivity contribution in [3.63, 3.8) is 0 Å². The molecule has 0 aliphatic rings. The van der Waals surface area contributed by atoms with Crippen LogP contribution in [0.4, 0.5) is 5.69 Å². The number of anilines is 1. The molecule has 0 saturated carbocycles. The van der Waals surface area contributed by atoms with E-state index in [-0.39, 0.29) is 5.91 Å². The van der Waals surface area contributed by atoms with Gasteiger partial charge in [-0.25, -0.2) is 0 Å². The Hall–Kier alpha value is -1.13. The van der Waals surface area contributed by atoms with Crippen molar-refractivity contribution in [1.82, 2.24) is 0 Å². The Labute approximate surface area is 116 Å². The highest BCUT2D eigenvalue weighted by Crippen LogP contribution is 2.22. The lowest BCUT2D eigenvalue weighted by Gasteiger charge is -2.06. The van der Waals surface area contributed by atoms with Gasteiger partial charge >= 0.3 is 0 Å². The molecule has 2 aromatic rings.